The summed E-state index contributed by atoms with van der Waals surface area (Å²) in [7, 11) is 0. The van der Waals surface area contributed by atoms with E-state index in [1.165, 1.54) is 25.1 Å². The lowest BCUT2D eigenvalue weighted by atomic mass is 9.95. The van der Waals surface area contributed by atoms with Crippen molar-refractivity contribution in [2.24, 2.45) is 4.99 Å². The number of nitrogens with one attached hydrogen (secondary N) is 2. The minimum Gasteiger partial charge on any atom is -0.463 e. The first kappa shape index (κ1) is 22.0. The third-order valence-corrected chi connectivity index (χ3v) is 4.68. The van der Waals surface area contributed by atoms with E-state index in [2.05, 4.69) is 15.6 Å². The Bertz CT molecular complexity index is 1010. The summed E-state index contributed by atoms with van der Waals surface area (Å²) in [4.78, 5) is 16.8. The lowest BCUT2D eigenvalue weighted by Gasteiger charge is -2.29. The average molecular weight is 458 g/mol. The molecule has 10 heteroatoms. The monoisotopic (exact) mass is 457 g/mol. The average Bonchev–Trinajstić information content (AvgIpc) is 2.67. The summed E-state index contributed by atoms with van der Waals surface area (Å²) in [6.07, 6.45) is -4.88. The summed E-state index contributed by atoms with van der Waals surface area (Å²) in [6, 6.07) is 11.4. The number of allylic oxidation sites excluding steroid dienone is 1. The van der Waals surface area contributed by atoms with Gasteiger partial charge in [-0.2, -0.15) is 13.2 Å². The molecule has 30 heavy (non-hydrogen) atoms. The van der Waals surface area contributed by atoms with Gasteiger partial charge in [-0.25, -0.2) is 9.79 Å². The molecule has 2 N–H and O–H groups in total. The van der Waals surface area contributed by atoms with Gasteiger partial charge in [0.2, 0.25) is 5.96 Å². The third-order valence-electron chi connectivity index (χ3n) is 4.12. The molecule has 158 valence electrons. The molecule has 1 atom stereocenters. The van der Waals surface area contributed by atoms with Gasteiger partial charge in [0.15, 0.2) is 0 Å². The highest BCUT2D eigenvalue weighted by molar-refractivity contribution is 6.35. The van der Waals surface area contributed by atoms with Crippen LogP contribution in [0, 0.1) is 0 Å². The number of hydrogen-bond donors (Lipinski definition) is 2. The first-order valence-electron chi connectivity index (χ1n) is 8.81. The Balaban J connectivity index is 2.16. The Labute approximate surface area is 180 Å². The molecular formula is C20H16Cl2F3N3O2. The van der Waals surface area contributed by atoms with Crippen LogP contribution in [0.5, 0.6) is 0 Å². The number of benzene rings is 2. The van der Waals surface area contributed by atoms with Gasteiger partial charge in [0.1, 0.15) is 11.7 Å². The standard InChI is InChI=1S/C20H16Cl2F3N3O2/c1-2-30-18(29)15-16(13-9-8-11(21)10-14(13)22)27-19(28-17(15)20(23,24)25)26-12-6-4-3-5-7-12/h3-10,16H,2H2,1H3,(H2,26,27,28)/t16-/m1/s1. The summed E-state index contributed by atoms with van der Waals surface area (Å²) in [5.74, 6) is -1.34. The molecule has 0 aliphatic carbocycles. The van der Waals surface area contributed by atoms with E-state index in [-0.39, 0.29) is 23.2 Å². The Morgan fingerprint density at radius 3 is 2.50 bits per heavy atom. The smallest absolute Gasteiger partial charge is 0.431 e. The number of aliphatic imine (C=N–C) groups is 1. The van der Waals surface area contributed by atoms with Crippen molar-refractivity contribution in [3.05, 3.63) is 75.4 Å². The number of carbonyl (C=O) groups excluding carboxylic acids is 1. The molecule has 3 rings (SSSR count). The molecule has 0 saturated heterocycles. The van der Waals surface area contributed by atoms with E-state index < -0.39 is 29.5 Å². The van der Waals surface area contributed by atoms with Gasteiger partial charge >= 0.3 is 12.1 Å². The Morgan fingerprint density at radius 2 is 1.90 bits per heavy atom. The predicted octanol–water partition coefficient (Wildman–Crippen LogP) is 5.49. The van der Waals surface area contributed by atoms with Crippen molar-refractivity contribution in [3.63, 3.8) is 0 Å². The molecule has 0 aromatic heterocycles. The highest BCUT2D eigenvalue weighted by Crippen LogP contribution is 2.40. The van der Waals surface area contributed by atoms with Gasteiger partial charge in [-0.1, -0.05) is 47.5 Å². The lowest BCUT2D eigenvalue weighted by Crippen LogP contribution is -2.42. The number of esters is 1. The van der Waals surface area contributed by atoms with E-state index in [4.69, 9.17) is 27.9 Å². The molecule has 2 aromatic carbocycles. The molecule has 0 amide bonds. The van der Waals surface area contributed by atoms with Gasteiger partial charge in [-0.3, -0.25) is 0 Å². The van der Waals surface area contributed by atoms with Crippen LogP contribution >= 0.6 is 23.2 Å². The highest BCUT2D eigenvalue weighted by atomic mass is 35.5. The van der Waals surface area contributed by atoms with Gasteiger partial charge < -0.3 is 15.4 Å². The van der Waals surface area contributed by atoms with Crippen LogP contribution in [0.1, 0.15) is 18.5 Å². The first-order chi connectivity index (χ1) is 14.2. The summed E-state index contributed by atoms with van der Waals surface area (Å²) in [5, 5.41) is 5.34. The van der Waals surface area contributed by atoms with E-state index in [1.54, 1.807) is 30.3 Å². The minimum atomic E-state index is -4.88. The molecule has 0 unspecified atom stereocenters. The molecule has 1 aliphatic rings. The number of alkyl halides is 3. The summed E-state index contributed by atoms with van der Waals surface area (Å²) >= 11 is 12.1. The number of hydrogen-bond acceptors (Lipinski definition) is 5. The van der Waals surface area contributed by atoms with Gasteiger partial charge in [0.25, 0.3) is 0 Å². The zero-order valence-corrected chi connectivity index (χ0v) is 17.1. The van der Waals surface area contributed by atoms with Crippen LogP contribution < -0.4 is 10.6 Å². The number of carbonyl (C=O) groups is 1. The molecule has 0 bridgehead atoms. The Kier molecular flexibility index (Phi) is 6.58. The number of guanidine groups is 1. The Hall–Kier alpha value is -2.71. The second-order valence-electron chi connectivity index (χ2n) is 6.17. The van der Waals surface area contributed by atoms with E-state index in [1.807, 2.05) is 0 Å². The topological polar surface area (TPSA) is 62.7 Å². The predicted molar refractivity (Wildman–Crippen MR) is 110 cm³/mol. The molecule has 0 fully saturated rings. The number of nitrogens with zero attached hydrogens (tertiary/aromatic N) is 1. The first-order valence-corrected chi connectivity index (χ1v) is 9.56. The second-order valence-corrected chi connectivity index (χ2v) is 7.01. The molecule has 1 heterocycles. The normalized spacial score (nSPS) is 16.6. The third kappa shape index (κ3) is 4.88. The van der Waals surface area contributed by atoms with Gasteiger partial charge in [-0.15, -0.1) is 0 Å². The summed E-state index contributed by atoms with van der Waals surface area (Å²) < 4.78 is 46.6. The number of anilines is 1. The van der Waals surface area contributed by atoms with E-state index >= 15 is 0 Å². The van der Waals surface area contributed by atoms with Crippen LogP contribution in [-0.4, -0.2) is 24.7 Å². The van der Waals surface area contributed by atoms with Crippen molar-refractivity contribution in [1.29, 1.82) is 0 Å². The number of rotatable bonds is 4. The maximum Gasteiger partial charge on any atom is 0.431 e. The molecule has 1 aliphatic heterocycles. The molecule has 5 nitrogen and oxygen atoms in total. The van der Waals surface area contributed by atoms with Crippen LogP contribution in [-0.2, 0) is 9.53 Å². The number of para-hydroxylation sites is 1. The molecule has 0 saturated carbocycles. The Morgan fingerprint density at radius 1 is 1.20 bits per heavy atom. The molecule has 0 spiro atoms. The van der Waals surface area contributed by atoms with Crippen molar-refractivity contribution in [2.45, 2.75) is 19.1 Å². The van der Waals surface area contributed by atoms with Crippen molar-refractivity contribution >= 4 is 40.8 Å². The molecular weight excluding hydrogens is 442 g/mol. The maximum atomic E-state index is 13.9. The summed E-state index contributed by atoms with van der Waals surface area (Å²) in [6.45, 7) is 1.39. The number of ether oxygens (including phenoxy) is 1. The van der Waals surface area contributed by atoms with Crippen LogP contribution in [0.2, 0.25) is 10.0 Å². The summed E-state index contributed by atoms with van der Waals surface area (Å²) in [5.41, 5.74) is -1.27. The van der Waals surface area contributed by atoms with E-state index in [0.29, 0.717) is 10.7 Å². The van der Waals surface area contributed by atoms with Gasteiger partial charge in [0, 0.05) is 21.3 Å². The van der Waals surface area contributed by atoms with Crippen molar-refractivity contribution in [3.8, 4) is 0 Å². The van der Waals surface area contributed by atoms with Crippen molar-refractivity contribution < 1.29 is 22.7 Å². The lowest BCUT2D eigenvalue weighted by molar-refractivity contribution is -0.140. The fourth-order valence-corrected chi connectivity index (χ4v) is 3.38. The van der Waals surface area contributed by atoms with E-state index in [0.717, 1.165) is 0 Å². The fraction of sp³-hybridized carbons (Fsp3) is 0.200. The van der Waals surface area contributed by atoms with Crippen LogP contribution in [0.25, 0.3) is 0 Å². The van der Waals surface area contributed by atoms with Crippen LogP contribution in [0.4, 0.5) is 18.9 Å². The molecule has 0 radical (unpaired) electrons. The van der Waals surface area contributed by atoms with Gasteiger partial charge in [0.05, 0.1) is 12.2 Å². The largest absolute Gasteiger partial charge is 0.463 e. The van der Waals surface area contributed by atoms with Crippen LogP contribution in [0.15, 0.2) is 64.8 Å². The van der Waals surface area contributed by atoms with E-state index in [9.17, 15) is 18.0 Å². The quantitative estimate of drug-likeness (QED) is 0.596. The SMILES string of the molecule is CCOC(=O)C1=C(C(F)(F)F)NC(Nc2ccccc2)=N[C@@H]1c1ccc(Cl)cc1Cl. The van der Waals surface area contributed by atoms with Gasteiger partial charge in [-0.05, 0) is 31.2 Å². The number of halogens is 5. The van der Waals surface area contributed by atoms with Crippen molar-refractivity contribution in [1.82, 2.24) is 5.32 Å². The highest BCUT2D eigenvalue weighted by Gasteiger charge is 2.45. The minimum absolute atomic E-state index is 0.0699. The zero-order chi connectivity index (χ0) is 21.9. The van der Waals surface area contributed by atoms with Crippen LogP contribution in [0.3, 0.4) is 0 Å². The zero-order valence-electron chi connectivity index (χ0n) is 15.6. The van der Waals surface area contributed by atoms with Crippen molar-refractivity contribution in [2.75, 3.05) is 11.9 Å². The fourth-order valence-electron chi connectivity index (χ4n) is 2.86. The second kappa shape index (κ2) is 8.97. The maximum absolute atomic E-state index is 13.9. The molecule has 2 aromatic rings.